The Balaban J connectivity index is 1.80. The van der Waals surface area contributed by atoms with Gasteiger partial charge in [0.2, 0.25) is 0 Å². The van der Waals surface area contributed by atoms with Crippen LogP contribution in [0, 0.1) is 4.91 Å². The quantitative estimate of drug-likeness (QED) is 0.407. The highest BCUT2D eigenvalue weighted by molar-refractivity contribution is 5.33. The van der Waals surface area contributed by atoms with Crippen LogP contribution in [-0.4, -0.2) is 24.7 Å². The van der Waals surface area contributed by atoms with Gasteiger partial charge in [-0.25, -0.2) is 0 Å². The average Bonchev–Trinajstić information content (AvgIpc) is 2.73. The fourth-order valence-electron chi connectivity index (χ4n) is 3.78. The lowest BCUT2D eigenvalue weighted by Gasteiger charge is -2.40. The summed E-state index contributed by atoms with van der Waals surface area (Å²) in [5, 5.41) is 4.31. The van der Waals surface area contributed by atoms with Crippen LogP contribution in [0.1, 0.15) is 35.1 Å². The van der Waals surface area contributed by atoms with Gasteiger partial charge in [0.25, 0.3) is 0 Å². The smallest absolute Gasteiger partial charge is 0.376 e. The summed E-state index contributed by atoms with van der Waals surface area (Å²) in [4.78, 5) is 10.8. The van der Waals surface area contributed by atoms with Gasteiger partial charge < -0.3 is 4.74 Å². The van der Waals surface area contributed by atoms with E-state index in [0.717, 1.165) is 5.56 Å². The maximum Gasteiger partial charge on any atom is 0.416 e. The molecule has 0 unspecified atom stereocenters. The molecule has 31 heavy (non-hydrogen) atoms. The second-order valence-electron chi connectivity index (χ2n) is 7.59. The third-order valence-electron chi connectivity index (χ3n) is 5.49. The first-order valence-electron chi connectivity index (χ1n) is 9.53. The van der Waals surface area contributed by atoms with Crippen LogP contribution in [0.4, 0.5) is 26.3 Å². The number of halogens is 6. The van der Waals surface area contributed by atoms with Gasteiger partial charge in [0, 0.05) is 18.5 Å². The highest BCUT2D eigenvalue weighted by atomic mass is 19.4. The molecule has 1 aliphatic rings. The third-order valence-corrected chi connectivity index (χ3v) is 5.49. The number of ether oxygens (including phenoxy) is 1. The van der Waals surface area contributed by atoms with Crippen LogP contribution in [0.5, 0.6) is 0 Å². The van der Waals surface area contributed by atoms with E-state index in [4.69, 9.17) is 4.74 Å². The lowest BCUT2D eigenvalue weighted by atomic mass is 9.73. The van der Waals surface area contributed by atoms with E-state index in [9.17, 15) is 31.2 Å². The number of piperidine rings is 1. The summed E-state index contributed by atoms with van der Waals surface area (Å²) in [7, 11) is 0. The predicted molar refractivity (Wildman–Crippen MR) is 101 cm³/mol. The van der Waals surface area contributed by atoms with Crippen LogP contribution in [-0.2, 0) is 29.1 Å². The van der Waals surface area contributed by atoms with Crippen LogP contribution >= 0.6 is 0 Å². The Hall–Kier alpha value is -2.62. The summed E-state index contributed by atoms with van der Waals surface area (Å²) in [6.07, 6.45) is -8.79. The van der Waals surface area contributed by atoms with Crippen LogP contribution in [0.3, 0.4) is 0 Å². The minimum Gasteiger partial charge on any atom is -0.376 e. The zero-order valence-corrected chi connectivity index (χ0v) is 16.3. The standard InChI is InChI=1S/C21H20F6N2O2/c22-20(23,24)17-10-15(11-18(12-17)21(25,26)27)13-31-14-19(16-4-2-1-3-5-16)6-8-29(28-30)9-7-19/h1-5,10-12H,6-9,13-14H2. The third kappa shape index (κ3) is 5.55. The second kappa shape index (κ2) is 8.86. The zero-order valence-electron chi connectivity index (χ0n) is 16.3. The van der Waals surface area contributed by atoms with Crippen molar-refractivity contribution in [1.82, 2.24) is 5.01 Å². The predicted octanol–water partition coefficient (Wildman–Crippen LogP) is 5.96. The van der Waals surface area contributed by atoms with Gasteiger partial charge in [-0.2, -0.15) is 26.3 Å². The maximum atomic E-state index is 13.1. The summed E-state index contributed by atoms with van der Waals surface area (Å²) >= 11 is 0. The Morgan fingerprint density at radius 1 is 0.903 bits per heavy atom. The van der Waals surface area contributed by atoms with Gasteiger partial charge in [-0.3, -0.25) is 5.01 Å². The van der Waals surface area contributed by atoms with Crippen LogP contribution in [0.2, 0.25) is 0 Å². The van der Waals surface area contributed by atoms with Gasteiger partial charge in [-0.1, -0.05) is 30.3 Å². The first-order chi connectivity index (χ1) is 14.5. The molecule has 168 valence electrons. The van der Waals surface area contributed by atoms with Crippen molar-refractivity contribution in [3.05, 3.63) is 75.7 Å². The van der Waals surface area contributed by atoms with Crippen molar-refractivity contribution in [3.63, 3.8) is 0 Å². The molecule has 1 heterocycles. The summed E-state index contributed by atoms with van der Waals surface area (Å²) in [5.41, 5.74) is -2.54. The number of rotatable bonds is 6. The molecule has 10 heteroatoms. The molecular weight excluding hydrogens is 426 g/mol. The molecule has 0 radical (unpaired) electrons. The van der Waals surface area contributed by atoms with Gasteiger partial charge >= 0.3 is 12.4 Å². The normalized spacial score (nSPS) is 16.9. The topological polar surface area (TPSA) is 41.9 Å². The lowest BCUT2D eigenvalue weighted by Crippen LogP contribution is -2.43. The van der Waals surface area contributed by atoms with E-state index in [1.54, 1.807) is 0 Å². The molecule has 1 saturated heterocycles. The van der Waals surface area contributed by atoms with Crippen LogP contribution in [0.25, 0.3) is 0 Å². The highest BCUT2D eigenvalue weighted by Crippen LogP contribution is 2.38. The highest BCUT2D eigenvalue weighted by Gasteiger charge is 2.38. The van der Waals surface area contributed by atoms with Gasteiger partial charge in [-0.05, 0) is 42.2 Å². The summed E-state index contributed by atoms with van der Waals surface area (Å²) in [6.45, 7) is 0.436. The zero-order chi connectivity index (χ0) is 22.7. The van der Waals surface area contributed by atoms with E-state index in [1.165, 1.54) is 5.01 Å². The number of alkyl halides is 6. The van der Waals surface area contributed by atoms with E-state index in [1.807, 2.05) is 30.3 Å². The van der Waals surface area contributed by atoms with Crippen molar-refractivity contribution in [3.8, 4) is 0 Å². The van der Waals surface area contributed by atoms with Gasteiger partial charge in [0.15, 0.2) is 0 Å². The molecule has 0 saturated carbocycles. The summed E-state index contributed by atoms with van der Waals surface area (Å²) < 4.78 is 84.0. The Morgan fingerprint density at radius 3 is 1.94 bits per heavy atom. The SMILES string of the molecule is O=NN1CCC(COCc2cc(C(F)(F)F)cc(C(F)(F)F)c2)(c2ccccc2)CC1. The molecule has 2 aromatic rings. The average molecular weight is 446 g/mol. The fourth-order valence-corrected chi connectivity index (χ4v) is 3.78. The molecule has 0 aliphatic carbocycles. The van der Waals surface area contributed by atoms with E-state index in [2.05, 4.69) is 5.29 Å². The maximum absolute atomic E-state index is 13.1. The van der Waals surface area contributed by atoms with Gasteiger partial charge in [0.05, 0.1) is 29.6 Å². The fraction of sp³-hybridized carbons (Fsp3) is 0.429. The molecule has 0 spiro atoms. The Labute approximate surface area is 174 Å². The van der Waals surface area contributed by atoms with Crippen molar-refractivity contribution in [2.24, 2.45) is 5.29 Å². The Kier molecular flexibility index (Phi) is 6.59. The second-order valence-corrected chi connectivity index (χ2v) is 7.59. The van der Waals surface area contributed by atoms with Crippen LogP contribution in [0.15, 0.2) is 53.8 Å². The van der Waals surface area contributed by atoms with E-state index in [0.29, 0.717) is 38.1 Å². The first kappa shape index (κ1) is 23.1. The molecule has 0 aromatic heterocycles. The first-order valence-corrected chi connectivity index (χ1v) is 9.53. The molecule has 0 atom stereocenters. The number of nitroso groups, excluding NO2 is 1. The number of nitrogens with zero attached hydrogens (tertiary/aromatic N) is 2. The van der Waals surface area contributed by atoms with Crippen LogP contribution < -0.4 is 0 Å². The lowest BCUT2D eigenvalue weighted by molar-refractivity contribution is -0.143. The molecule has 1 aliphatic heterocycles. The van der Waals surface area contributed by atoms with Crippen molar-refractivity contribution in [1.29, 1.82) is 0 Å². The number of hydrogen-bond acceptors (Lipinski definition) is 3. The molecule has 1 fully saturated rings. The van der Waals surface area contributed by atoms with Gasteiger partial charge in [0.1, 0.15) is 0 Å². The summed E-state index contributed by atoms with van der Waals surface area (Å²) in [5.74, 6) is 0. The van der Waals surface area contributed by atoms with E-state index < -0.39 is 35.5 Å². The van der Waals surface area contributed by atoms with Crippen molar-refractivity contribution >= 4 is 0 Å². The molecule has 0 bridgehead atoms. The molecule has 4 nitrogen and oxygen atoms in total. The van der Waals surface area contributed by atoms with E-state index in [-0.39, 0.29) is 18.2 Å². The Morgan fingerprint density at radius 2 is 1.45 bits per heavy atom. The largest absolute Gasteiger partial charge is 0.416 e. The minimum atomic E-state index is -4.91. The Bertz CT molecular complexity index is 859. The molecule has 3 rings (SSSR count). The van der Waals surface area contributed by atoms with Gasteiger partial charge in [-0.15, -0.1) is 4.91 Å². The minimum absolute atomic E-state index is 0.0846. The molecule has 0 N–H and O–H groups in total. The number of benzene rings is 2. The molecular formula is C21H20F6N2O2. The molecule has 0 amide bonds. The number of hydrogen-bond donors (Lipinski definition) is 0. The van der Waals surface area contributed by atoms with Crippen molar-refractivity contribution in [2.75, 3.05) is 19.7 Å². The summed E-state index contributed by atoms with van der Waals surface area (Å²) in [6, 6.07) is 10.7. The van der Waals surface area contributed by atoms with Crippen molar-refractivity contribution < 1.29 is 31.1 Å². The molecule has 2 aromatic carbocycles. The van der Waals surface area contributed by atoms with Crippen molar-refractivity contribution in [2.45, 2.75) is 37.2 Å². The van der Waals surface area contributed by atoms with E-state index >= 15 is 0 Å². The monoisotopic (exact) mass is 446 g/mol.